The standard InChI is InChI=1S/C10H10N2O/c1-7-3-4-9(8(2)11-7)10-5-6-13-12-10/h3-6H,1-2H3. The molecule has 3 nitrogen and oxygen atoms in total. The normalized spacial score (nSPS) is 10.3. The van der Waals surface area contributed by atoms with E-state index in [9.17, 15) is 0 Å². The quantitative estimate of drug-likeness (QED) is 0.666. The first kappa shape index (κ1) is 7.98. The van der Waals surface area contributed by atoms with Crippen LogP contribution >= 0.6 is 0 Å². The minimum absolute atomic E-state index is 0.838. The van der Waals surface area contributed by atoms with Crippen molar-refractivity contribution < 1.29 is 4.52 Å². The molecule has 13 heavy (non-hydrogen) atoms. The van der Waals surface area contributed by atoms with Gasteiger partial charge in [-0.05, 0) is 26.0 Å². The van der Waals surface area contributed by atoms with Gasteiger partial charge in [0.25, 0.3) is 0 Å². The van der Waals surface area contributed by atoms with E-state index >= 15 is 0 Å². The first-order chi connectivity index (χ1) is 6.27. The highest BCUT2D eigenvalue weighted by molar-refractivity contribution is 5.60. The van der Waals surface area contributed by atoms with E-state index in [-0.39, 0.29) is 0 Å². The predicted octanol–water partition coefficient (Wildman–Crippen LogP) is 2.35. The van der Waals surface area contributed by atoms with Crippen LogP contribution in [0.2, 0.25) is 0 Å². The molecule has 0 unspecified atom stereocenters. The van der Waals surface area contributed by atoms with Crippen LogP contribution in [0.15, 0.2) is 29.0 Å². The summed E-state index contributed by atoms with van der Waals surface area (Å²) in [4.78, 5) is 4.35. The molecule has 2 heterocycles. The van der Waals surface area contributed by atoms with Gasteiger partial charge in [0.1, 0.15) is 12.0 Å². The molecule has 0 aliphatic carbocycles. The van der Waals surface area contributed by atoms with E-state index in [0.29, 0.717) is 0 Å². The van der Waals surface area contributed by atoms with Crippen molar-refractivity contribution >= 4 is 0 Å². The van der Waals surface area contributed by atoms with Crippen LogP contribution in [-0.2, 0) is 0 Å². The molecule has 0 radical (unpaired) electrons. The Morgan fingerprint density at radius 1 is 1.15 bits per heavy atom. The Bertz CT molecular complexity index is 407. The average Bonchev–Trinajstić information content (AvgIpc) is 2.56. The zero-order valence-electron chi connectivity index (χ0n) is 7.61. The summed E-state index contributed by atoms with van der Waals surface area (Å²) >= 11 is 0. The molecular weight excluding hydrogens is 164 g/mol. The summed E-state index contributed by atoms with van der Waals surface area (Å²) in [5, 5.41) is 3.86. The number of hydrogen-bond donors (Lipinski definition) is 0. The van der Waals surface area contributed by atoms with Crippen LogP contribution in [0.3, 0.4) is 0 Å². The molecule has 0 saturated carbocycles. The van der Waals surface area contributed by atoms with Gasteiger partial charge in [-0.2, -0.15) is 0 Å². The smallest absolute Gasteiger partial charge is 0.124 e. The minimum Gasteiger partial charge on any atom is -0.364 e. The topological polar surface area (TPSA) is 38.9 Å². The van der Waals surface area contributed by atoms with Crippen LogP contribution in [0.5, 0.6) is 0 Å². The van der Waals surface area contributed by atoms with E-state index in [1.54, 1.807) is 6.26 Å². The molecule has 3 heteroatoms. The molecule has 66 valence electrons. The SMILES string of the molecule is Cc1ccc(-c2ccon2)c(C)n1. The molecule has 0 fully saturated rings. The lowest BCUT2D eigenvalue weighted by molar-refractivity contribution is 0.422. The molecule has 0 N–H and O–H groups in total. The van der Waals surface area contributed by atoms with Crippen molar-refractivity contribution in [2.45, 2.75) is 13.8 Å². The van der Waals surface area contributed by atoms with Crippen molar-refractivity contribution in [1.29, 1.82) is 0 Å². The van der Waals surface area contributed by atoms with Crippen LogP contribution in [0.25, 0.3) is 11.3 Å². The van der Waals surface area contributed by atoms with Crippen LogP contribution < -0.4 is 0 Å². The molecule has 2 aromatic rings. The van der Waals surface area contributed by atoms with Gasteiger partial charge < -0.3 is 4.52 Å². The lowest BCUT2D eigenvalue weighted by Crippen LogP contribution is -1.89. The molecule has 2 rings (SSSR count). The van der Waals surface area contributed by atoms with Crippen molar-refractivity contribution in [3.63, 3.8) is 0 Å². The maximum Gasteiger partial charge on any atom is 0.124 e. The highest BCUT2D eigenvalue weighted by Gasteiger charge is 2.04. The van der Waals surface area contributed by atoms with Crippen molar-refractivity contribution in [2.24, 2.45) is 0 Å². The first-order valence-electron chi connectivity index (χ1n) is 4.12. The lowest BCUT2D eigenvalue weighted by Gasteiger charge is -2.01. The number of nitrogens with zero attached hydrogens (tertiary/aromatic N) is 2. The van der Waals surface area contributed by atoms with Gasteiger partial charge in [-0.1, -0.05) is 5.16 Å². The average molecular weight is 174 g/mol. The van der Waals surface area contributed by atoms with E-state index in [2.05, 4.69) is 10.1 Å². The number of rotatable bonds is 1. The fourth-order valence-corrected chi connectivity index (χ4v) is 1.31. The molecule has 0 aliphatic rings. The summed E-state index contributed by atoms with van der Waals surface area (Å²) in [6.45, 7) is 3.94. The van der Waals surface area contributed by atoms with Crippen molar-refractivity contribution in [3.05, 3.63) is 35.9 Å². The second-order valence-electron chi connectivity index (χ2n) is 2.97. The summed E-state index contributed by atoms with van der Waals surface area (Å²) in [6.07, 6.45) is 1.56. The van der Waals surface area contributed by atoms with Gasteiger partial charge in [-0.3, -0.25) is 4.98 Å². The van der Waals surface area contributed by atoms with E-state index in [4.69, 9.17) is 4.52 Å². The number of pyridine rings is 1. The molecule has 0 saturated heterocycles. The minimum atomic E-state index is 0.838. The molecule has 0 amide bonds. The zero-order chi connectivity index (χ0) is 9.26. The highest BCUT2D eigenvalue weighted by atomic mass is 16.5. The number of aryl methyl sites for hydroxylation is 2. The molecular formula is C10H10N2O. The molecule has 2 aromatic heterocycles. The van der Waals surface area contributed by atoms with Gasteiger partial charge in [0, 0.05) is 23.0 Å². The van der Waals surface area contributed by atoms with Gasteiger partial charge in [0.15, 0.2) is 0 Å². The summed E-state index contributed by atoms with van der Waals surface area (Å²) < 4.78 is 4.78. The second-order valence-corrected chi connectivity index (χ2v) is 2.97. The van der Waals surface area contributed by atoms with Crippen molar-refractivity contribution in [2.75, 3.05) is 0 Å². The maximum atomic E-state index is 4.78. The zero-order valence-corrected chi connectivity index (χ0v) is 7.61. The monoisotopic (exact) mass is 174 g/mol. The molecule has 0 atom stereocenters. The van der Waals surface area contributed by atoms with E-state index in [0.717, 1.165) is 22.6 Å². The van der Waals surface area contributed by atoms with Gasteiger partial charge in [-0.25, -0.2) is 0 Å². The Hall–Kier alpha value is -1.64. The first-order valence-corrected chi connectivity index (χ1v) is 4.12. The summed E-state index contributed by atoms with van der Waals surface area (Å²) in [6, 6.07) is 5.81. The van der Waals surface area contributed by atoms with Crippen LogP contribution in [0, 0.1) is 13.8 Å². The molecule has 0 spiro atoms. The maximum absolute atomic E-state index is 4.78. The Morgan fingerprint density at radius 2 is 2.00 bits per heavy atom. The number of aromatic nitrogens is 2. The third-order valence-corrected chi connectivity index (χ3v) is 1.94. The van der Waals surface area contributed by atoms with Gasteiger partial charge in [-0.15, -0.1) is 0 Å². The second kappa shape index (κ2) is 3.01. The van der Waals surface area contributed by atoms with Crippen LogP contribution in [0.4, 0.5) is 0 Å². The fraction of sp³-hybridized carbons (Fsp3) is 0.200. The van der Waals surface area contributed by atoms with E-state index in [1.807, 2.05) is 32.0 Å². The van der Waals surface area contributed by atoms with E-state index in [1.165, 1.54) is 0 Å². The number of hydrogen-bond acceptors (Lipinski definition) is 3. The Morgan fingerprint density at radius 3 is 2.62 bits per heavy atom. The van der Waals surface area contributed by atoms with Crippen molar-refractivity contribution in [3.8, 4) is 11.3 Å². The van der Waals surface area contributed by atoms with Gasteiger partial charge >= 0.3 is 0 Å². The molecule has 0 aromatic carbocycles. The van der Waals surface area contributed by atoms with Crippen molar-refractivity contribution in [1.82, 2.24) is 10.1 Å². The molecule has 0 bridgehead atoms. The predicted molar refractivity (Wildman–Crippen MR) is 49.2 cm³/mol. The Labute approximate surface area is 76.4 Å². The lowest BCUT2D eigenvalue weighted by atomic mass is 10.1. The largest absolute Gasteiger partial charge is 0.364 e. The van der Waals surface area contributed by atoms with Gasteiger partial charge in [0.05, 0.1) is 0 Å². The molecule has 0 aliphatic heterocycles. The van der Waals surface area contributed by atoms with Gasteiger partial charge in [0.2, 0.25) is 0 Å². The third-order valence-electron chi connectivity index (χ3n) is 1.94. The summed E-state index contributed by atoms with van der Waals surface area (Å²) in [7, 11) is 0. The third kappa shape index (κ3) is 1.45. The van der Waals surface area contributed by atoms with E-state index < -0.39 is 0 Å². The Balaban J connectivity index is 2.53. The fourth-order valence-electron chi connectivity index (χ4n) is 1.31. The summed E-state index contributed by atoms with van der Waals surface area (Å²) in [5.41, 5.74) is 3.86. The van der Waals surface area contributed by atoms with Crippen LogP contribution in [-0.4, -0.2) is 10.1 Å². The Kier molecular flexibility index (Phi) is 1.85. The van der Waals surface area contributed by atoms with Crippen LogP contribution in [0.1, 0.15) is 11.4 Å². The summed E-state index contributed by atoms with van der Waals surface area (Å²) in [5.74, 6) is 0. The highest BCUT2D eigenvalue weighted by Crippen LogP contribution is 2.19.